The van der Waals surface area contributed by atoms with Crippen LogP contribution in [0.1, 0.15) is 0 Å². The van der Waals surface area contributed by atoms with Crippen LogP contribution in [0.15, 0.2) is 34.7 Å². The lowest BCUT2D eigenvalue weighted by molar-refractivity contribution is -0.111. The fourth-order valence-electron chi connectivity index (χ4n) is 1.25. The minimum absolute atomic E-state index is 0.0225. The Morgan fingerprint density at radius 2 is 1.86 bits per heavy atom. The summed E-state index contributed by atoms with van der Waals surface area (Å²) in [7, 11) is -0.924. The Balaban J connectivity index is 2.25. The minimum atomic E-state index is -3.69. The van der Waals surface area contributed by atoms with Gasteiger partial charge in [0.15, 0.2) is 5.75 Å². The summed E-state index contributed by atoms with van der Waals surface area (Å²) < 4.78 is 24.6. The summed E-state index contributed by atoms with van der Waals surface area (Å²) in [5, 5.41) is 8.09. The third kappa shape index (κ3) is 3.35. The minimum Gasteiger partial charge on any atom is -0.370 e. The zero-order valence-electron chi connectivity index (χ0n) is 11.2. The number of sulfonamides is 1. The molecule has 0 atom stereocenters. The first-order chi connectivity index (χ1) is 9.95. The Morgan fingerprint density at radius 3 is 2.43 bits per heavy atom. The third-order valence-electron chi connectivity index (χ3n) is 2.33. The SMILES string of the molecule is CN(C)S(=O)(=O)c1nnc(N(C=O)Oc2ccccc2)s1. The predicted octanol–water partition coefficient (Wildman–Crippen LogP) is 0.745. The van der Waals surface area contributed by atoms with Crippen LogP contribution in [0.4, 0.5) is 5.13 Å². The predicted molar refractivity (Wildman–Crippen MR) is 76.4 cm³/mol. The number of amides is 1. The highest BCUT2D eigenvalue weighted by molar-refractivity contribution is 7.91. The highest BCUT2D eigenvalue weighted by Gasteiger charge is 2.25. The van der Waals surface area contributed by atoms with Gasteiger partial charge in [0.25, 0.3) is 21.6 Å². The van der Waals surface area contributed by atoms with Crippen molar-refractivity contribution in [1.82, 2.24) is 14.5 Å². The maximum Gasteiger partial charge on any atom is 0.271 e. The van der Waals surface area contributed by atoms with Crippen LogP contribution in [-0.2, 0) is 14.8 Å². The maximum absolute atomic E-state index is 11.9. The van der Waals surface area contributed by atoms with Gasteiger partial charge in [-0.05, 0) is 12.1 Å². The lowest BCUT2D eigenvalue weighted by Crippen LogP contribution is -2.25. The van der Waals surface area contributed by atoms with E-state index in [2.05, 4.69) is 10.2 Å². The first-order valence-corrected chi connectivity index (χ1v) is 7.94. The van der Waals surface area contributed by atoms with E-state index in [0.29, 0.717) is 12.2 Å². The molecule has 0 saturated heterocycles. The van der Waals surface area contributed by atoms with Crippen molar-refractivity contribution in [2.45, 2.75) is 4.34 Å². The van der Waals surface area contributed by atoms with Crippen molar-refractivity contribution in [2.75, 3.05) is 19.2 Å². The van der Waals surface area contributed by atoms with Crippen molar-refractivity contribution < 1.29 is 18.0 Å². The fraction of sp³-hybridized carbons (Fsp3) is 0.182. The molecule has 21 heavy (non-hydrogen) atoms. The standard InChI is InChI=1S/C11H12N4O4S2/c1-14(2)21(17,18)11-13-12-10(20-11)15(8-16)19-9-6-4-3-5-7-9/h3-8H,1-2H3. The van der Waals surface area contributed by atoms with Crippen molar-refractivity contribution >= 4 is 32.9 Å². The summed E-state index contributed by atoms with van der Waals surface area (Å²) >= 11 is 0.738. The molecule has 0 saturated carbocycles. The molecule has 0 aliphatic rings. The van der Waals surface area contributed by atoms with Crippen molar-refractivity contribution in [3.63, 3.8) is 0 Å². The second kappa shape index (κ2) is 6.16. The van der Waals surface area contributed by atoms with Gasteiger partial charge in [0.05, 0.1) is 0 Å². The van der Waals surface area contributed by atoms with Crippen LogP contribution in [0, 0.1) is 0 Å². The summed E-state index contributed by atoms with van der Waals surface area (Å²) in [4.78, 5) is 16.4. The summed E-state index contributed by atoms with van der Waals surface area (Å²) in [5.74, 6) is 0.414. The highest BCUT2D eigenvalue weighted by atomic mass is 32.2. The topological polar surface area (TPSA) is 92.7 Å². The average Bonchev–Trinajstić information content (AvgIpc) is 2.96. The summed E-state index contributed by atoms with van der Waals surface area (Å²) in [6.07, 6.45) is 0.388. The van der Waals surface area contributed by atoms with Crippen molar-refractivity contribution in [1.29, 1.82) is 0 Å². The van der Waals surface area contributed by atoms with Gasteiger partial charge in [-0.2, -0.15) is 0 Å². The van der Waals surface area contributed by atoms with E-state index in [1.807, 2.05) is 0 Å². The molecule has 0 fully saturated rings. The summed E-state index contributed by atoms with van der Waals surface area (Å²) in [6.45, 7) is 0. The van der Waals surface area contributed by atoms with E-state index >= 15 is 0 Å². The van der Waals surface area contributed by atoms with Gasteiger partial charge in [-0.15, -0.1) is 15.3 Å². The van der Waals surface area contributed by atoms with Crippen LogP contribution in [0.2, 0.25) is 0 Å². The number of para-hydroxylation sites is 1. The molecular weight excluding hydrogens is 316 g/mol. The van der Waals surface area contributed by atoms with E-state index in [-0.39, 0.29) is 9.47 Å². The van der Waals surface area contributed by atoms with Crippen LogP contribution in [0.3, 0.4) is 0 Å². The number of carbonyl (C=O) groups excluding carboxylic acids is 1. The number of hydrogen-bond acceptors (Lipinski definition) is 7. The van der Waals surface area contributed by atoms with Crippen LogP contribution in [0.5, 0.6) is 5.75 Å². The van der Waals surface area contributed by atoms with Crippen LogP contribution >= 0.6 is 11.3 Å². The zero-order chi connectivity index (χ0) is 15.5. The lowest BCUT2D eigenvalue weighted by atomic mass is 10.3. The molecule has 1 aromatic heterocycles. The molecule has 0 spiro atoms. The number of carbonyl (C=O) groups is 1. The van der Waals surface area contributed by atoms with Gasteiger partial charge in [-0.25, -0.2) is 12.7 Å². The Bertz CT molecular complexity index is 715. The smallest absolute Gasteiger partial charge is 0.271 e. The summed E-state index contributed by atoms with van der Waals surface area (Å²) in [5.41, 5.74) is 0. The third-order valence-corrected chi connectivity index (χ3v) is 5.40. The second-order valence-corrected chi connectivity index (χ2v) is 7.26. The van der Waals surface area contributed by atoms with E-state index in [4.69, 9.17) is 4.84 Å². The zero-order valence-corrected chi connectivity index (χ0v) is 12.8. The first-order valence-electron chi connectivity index (χ1n) is 5.68. The highest BCUT2D eigenvalue weighted by Crippen LogP contribution is 2.25. The monoisotopic (exact) mass is 328 g/mol. The molecular formula is C11H12N4O4S2. The number of hydroxylamine groups is 1. The Labute approximate surface area is 125 Å². The molecule has 112 valence electrons. The molecule has 8 nitrogen and oxygen atoms in total. The fourth-order valence-corrected chi connectivity index (χ4v) is 3.29. The molecule has 0 aliphatic carbocycles. The molecule has 0 radical (unpaired) electrons. The number of nitrogens with zero attached hydrogens (tertiary/aromatic N) is 4. The number of rotatable bonds is 6. The van der Waals surface area contributed by atoms with Gasteiger partial charge in [-0.3, -0.25) is 4.79 Å². The Morgan fingerprint density at radius 1 is 1.19 bits per heavy atom. The largest absolute Gasteiger partial charge is 0.370 e. The Kier molecular flexibility index (Phi) is 4.50. The Hall–Kier alpha value is -2.04. The van der Waals surface area contributed by atoms with Crippen molar-refractivity contribution in [2.24, 2.45) is 0 Å². The van der Waals surface area contributed by atoms with Crippen LogP contribution in [-0.4, -0.2) is 43.4 Å². The number of benzene rings is 1. The second-order valence-electron chi connectivity index (χ2n) is 3.97. The van der Waals surface area contributed by atoms with Crippen LogP contribution in [0.25, 0.3) is 0 Å². The van der Waals surface area contributed by atoms with Crippen molar-refractivity contribution in [3.05, 3.63) is 30.3 Å². The van der Waals surface area contributed by atoms with Crippen LogP contribution < -0.4 is 9.90 Å². The molecule has 10 heteroatoms. The van der Waals surface area contributed by atoms with Gasteiger partial charge in [0.2, 0.25) is 4.34 Å². The average molecular weight is 328 g/mol. The molecule has 2 rings (SSSR count). The number of hydrogen-bond donors (Lipinski definition) is 0. The molecule has 0 N–H and O–H groups in total. The molecule has 2 aromatic rings. The number of aromatic nitrogens is 2. The molecule has 0 aliphatic heterocycles. The molecule has 1 aromatic carbocycles. The normalized spacial score (nSPS) is 11.4. The van der Waals surface area contributed by atoms with E-state index < -0.39 is 10.0 Å². The van der Waals surface area contributed by atoms with Gasteiger partial charge in [-0.1, -0.05) is 29.5 Å². The molecule has 0 unspecified atom stereocenters. The molecule has 0 bridgehead atoms. The molecule has 1 amide bonds. The van der Waals surface area contributed by atoms with E-state index in [0.717, 1.165) is 20.7 Å². The maximum atomic E-state index is 11.9. The van der Waals surface area contributed by atoms with Gasteiger partial charge in [0.1, 0.15) is 0 Å². The van der Waals surface area contributed by atoms with E-state index in [1.54, 1.807) is 30.3 Å². The molecule has 1 heterocycles. The quantitative estimate of drug-likeness (QED) is 0.441. The van der Waals surface area contributed by atoms with Gasteiger partial charge < -0.3 is 4.84 Å². The van der Waals surface area contributed by atoms with E-state index in [1.165, 1.54) is 14.1 Å². The summed E-state index contributed by atoms with van der Waals surface area (Å²) in [6, 6.07) is 8.57. The van der Waals surface area contributed by atoms with Crippen molar-refractivity contribution in [3.8, 4) is 5.75 Å². The van der Waals surface area contributed by atoms with Gasteiger partial charge >= 0.3 is 0 Å². The number of anilines is 1. The van der Waals surface area contributed by atoms with Gasteiger partial charge in [0, 0.05) is 14.1 Å². The van der Waals surface area contributed by atoms with E-state index in [9.17, 15) is 13.2 Å². The lowest BCUT2D eigenvalue weighted by Gasteiger charge is -2.13. The first kappa shape index (κ1) is 15.4.